The molecular weight excluding hydrogens is 182 g/mol. The minimum atomic E-state index is 0.656. The van der Waals surface area contributed by atoms with Crippen molar-refractivity contribution in [3.05, 3.63) is 12.3 Å². The Morgan fingerprint density at radius 1 is 1.07 bits per heavy atom. The van der Waals surface area contributed by atoms with E-state index in [-0.39, 0.29) is 0 Å². The standard InChI is InChI=1S/C14H29N/c1-6-9-10-13(4)14(5)15(11-7-2)12-8-3/h13H,5-12H2,1-4H3/t13-/m1/s1. The van der Waals surface area contributed by atoms with Gasteiger partial charge in [-0.3, -0.25) is 0 Å². The maximum atomic E-state index is 4.27. The van der Waals surface area contributed by atoms with E-state index in [1.54, 1.807) is 0 Å². The Hall–Kier alpha value is -0.460. The summed E-state index contributed by atoms with van der Waals surface area (Å²) in [7, 11) is 0. The quantitative estimate of drug-likeness (QED) is 0.544. The first-order valence-electron chi connectivity index (χ1n) is 6.61. The Kier molecular flexibility index (Phi) is 8.55. The van der Waals surface area contributed by atoms with Crippen LogP contribution in [-0.2, 0) is 0 Å². The van der Waals surface area contributed by atoms with E-state index in [4.69, 9.17) is 0 Å². The fourth-order valence-electron chi connectivity index (χ4n) is 1.93. The van der Waals surface area contributed by atoms with Crippen molar-refractivity contribution < 1.29 is 0 Å². The Morgan fingerprint density at radius 2 is 1.60 bits per heavy atom. The van der Waals surface area contributed by atoms with E-state index in [0.717, 1.165) is 0 Å². The van der Waals surface area contributed by atoms with Gasteiger partial charge in [0.25, 0.3) is 0 Å². The highest BCUT2D eigenvalue weighted by Crippen LogP contribution is 2.20. The van der Waals surface area contributed by atoms with Crippen LogP contribution in [0, 0.1) is 5.92 Å². The maximum Gasteiger partial charge on any atom is 0.0172 e. The Morgan fingerprint density at radius 3 is 2.00 bits per heavy atom. The van der Waals surface area contributed by atoms with Gasteiger partial charge in [-0.05, 0) is 25.2 Å². The predicted molar refractivity (Wildman–Crippen MR) is 70.0 cm³/mol. The van der Waals surface area contributed by atoms with Crippen molar-refractivity contribution in [2.75, 3.05) is 13.1 Å². The highest BCUT2D eigenvalue weighted by Gasteiger charge is 2.12. The molecule has 1 nitrogen and oxygen atoms in total. The minimum Gasteiger partial charge on any atom is -0.375 e. The van der Waals surface area contributed by atoms with Crippen LogP contribution in [0.5, 0.6) is 0 Å². The lowest BCUT2D eigenvalue weighted by molar-refractivity contribution is 0.301. The summed E-state index contributed by atoms with van der Waals surface area (Å²) in [5, 5.41) is 0. The summed E-state index contributed by atoms with van der Waals surface area (Å²) < 4.78 is 0. The fourth-order valence-corrected chi connectivity index (χ4v) is 1.93. The first-order valence-corrected chi connectivity index (χ1v) is 6.61. The van der Waals surface area contributed by atoms with Gasteiger partial charge in [-0.15, -0.1) is 0 Å². The summed E-state index contributed by atoms with van der Waals surface area (Å²) in [6, 6.07) is 0. The van der Waals surface area contributed by atoms with Crippen molar-refractivity contribution in [1.82, 2.24) is 4.90 Å². The molecule has 0 aromatic rings. The van der Waals surface area contributed by atoms with Crippen molar-refractivity contribution >= 4 is 0 Å². The molecule has 90 valence electrons. The zero-order valence-corrected chi connectivity index (χ0v) is 11.2. The topological polar surface area (TPSA) is 3.24 Å². The summed E-state index contributed by atoms with van der Waals surface area (Å²) in [5.41, 5.74) is 1.35. The normalized spacial score (nSPS) is 12.5. The van der Waals surface area contributed by atoms with Gasteiger partial charge in [0.05, 0.1) is 0 Å². The van der Waals surface area contributed by atoms with Gasteiger partial charge < -0.3 is 4.90 Å². The fraction of sp³-hybridized carbons (Fsp3) is 0.857. The van der Waals surface area contributed by atoms with Crippen LogP contribution in [0.15, 0.2) is 12.3 Å². The van der Waals surface area contributed by atoms with E-state index in [1.807, 2.05) is 0 Å². The van der Waals surface area contributed by atoms with Crippen molar-refractivity contribution in [2.24, 2.45) is 5.92 Å². The van der Waals surface area contributed by atoms with Crippen LogP contribution < -0.4 is 0 Å². The molecule has 0 heterocycles. The molecule has 1 atom stereocenters. The van der Waals surface area contributed by atoms with Crippen molar-refractivity contribution in [1.29, 1.82) is 0 Å². The summed E-state index contributed by atoms with van der Waals surface area (Å²) in [4.78, 5) is 2.47. The number of hydrogen-bond donors (Lipinski definition) is 0. The molecule has 0 aromatic carbocycles. The molecule has 0 saturated carbocycles. The molecular formula is C14H29N. The second-order valence-corrected chi connectivity index (χ2v) is 4.52. The second-order valence-electron chi connectivity index (χ2n) is 4.52. The lowest BCUT2D eigenvalue weighted by atomic mass is 10.00. The maximum absolute atomic E-state index is 4.27. The molecule has 0 rings (SSSR count). The van der Waals surface area contributed by atoms with E-state index in [0.29, 0.717) is 5.92 Å². The molecule has 0 bridgehead atoms. The molecule has 0 unspecified atom stereocenters. The van der Waals surface area contributed by atoms with E-state index in [1.165, 1.54) is 50.9 Å². The highest BCUT2D eigenvalue weighted by atomic mass is 15.1. The molecule has 0 fully saturated rings. The Balaban J connectivity index is 4.08. The zero-order valence-electron chi connectivity index (χ0n) is 11.2. The lowest BCUT2D eigenvalue weighted by Crippen LogP contribution is -2.27. The van der Waals surface area contributed by atoms with E-state index < -0.39 is 0 Å². The number of nitrogens with zero attached hydrogens (tertiary/aromatic N) is 1. The van der Waals surface area contributed by atoms with E-state index in [2.05, 4.69) is 39.2 Å². The molecule has 0 radical (unpaired) electrons. The average molecular weight is 211 g/mol. The molecule has 0 aliphatic carbocycles. The van der Waals surface area contributed by atoms with E-state index >= 15 is 0 Å². The molecule has 0 aromatic heterocycles. The van der Waals surface area contributed by atoms with Gasteiger partial charge >= 0.3 is 0 Å². The van der Waals surface area contributed by atoms with Crippen LogP contribution in [0.1, 0.15) is 59.8 Å². The number of hydrogen-bond acceptors (Lipinski definition) is 1. The van der Waals surface area contributed by atoms with Gasteiger partial charge in [0.1, 0.15) is 0 Å². The third kappa shape index (κ3) is 5.86. The lowest BCUT2D eigenvalue weighted by Gasteiger charge is -2.29. The average Bonchev–Trinajstić information content (AvgIpc) is 2.24. The molecule has 0 N–H and O–H groups in total. The second kappa shape index (κ2) is 8.82. The number of rotatable bonds is 9. The van der Waals surface area contributed by atoms with Crippen molar-refractivity contribution in [3.63, 3.8) is 0 Å². The zero-order chi connectivity index (χ0) is 11.7. The molecule has 0 spiro atoms. The van der Waals surface area contributed by atoms with Crippen LogP contribution in [0.3, 0.4) is 0 Å². The van der Waals surface area contributed by atoms with Crippen molar-refractivity contribution in [3.8, 4) is 0 Å². The molecule has 0 amide bonds. The third-order valence-electron chi connectivity index (χ3n) is 2.95. The van der Waals surface area contributed by atoms with Gasteiger partial charge in [-0.2, -0.15) is 0 Å². The summed E-state index contributed by atoms with van der Waals surface area (Å²) in [5.74, 6) is 0.656. The summed E-state index contributed by atoms with van der Waals surface area (Å²) in [6.45, 7) is 15.7. The SMILES string of the molecule is C=C([C@H](C)CCCC)N(CCC)CCC. The molecule has 15 heavy (non-hydrogen) atoms. The van der Waals surface area contributed by atoms with Crippen LogP contribution in [0.2, 0.25) is 0 Å². The largest absolute Gasteiger partial charge is 0.375 e. The summed E-state index contributed by atoms with van der Waals surface area (Å²) in [6.07, 6.45) is 6.35. The van der Waals surface area contributed by atoms with Gasteiger partial charge in [0.2, 0.25) is 0 Å². The molecule has 0 aliphatic rings. The predicted octanol–water partition coefficient (Wildman–Crippen LogP) is 4.45. The van der Waals surface area contributed by atoms with Crippen LogP contribution in [0.25, 0.3) is 0 Å². The Bertz CT molecular complexity index is 157. The van der Waals surface area contributed by atoms with Gasteiger partial charge in [0, 0.05) is 18.8 Å². The van der Waals surface area contributed by atoms with Gasteiger partial charge in [0.15, 0.2) is 0 Å². The monoisotopic (exact) mass is 211 g/mol. The molecule has 1 heteroatoms. The third-order valence-corrected chi connectivity index (χ3v) is 2.95. The van der Waals surface area contributed by atoms with Gasteiger partial charge in [-0.25, -0.2) is 0 Å². The molecule has 0 aliphatic heterocycles. The number of allylic oxidation sites excluding steroid dienone is 1. The smallest absolute Gasteiger partial charge is 0.0172 e. The highest BCUT2D eigenvalue weighted by molar-refractivity contribution is 4.98. The number of unbranched alkanes of at least 4 members (excludes halogenated alkanes) is 1. The summed E-state index contributed by atoms with van der Waals surface area (Å²) >= 11 is 0. The van der Waals surface area contributed by atoms with Crippen molar-refractivity contribution in [2.45, 2.75) is 59.8 Å². The first-order chi connectivity index (χ1) is 7.17. The first kappa shape index (κ1) is 14.5. The van der Waals surface area contributed by atoms with Crippen LogP contribution in [-0.4, -0.2) is 18.0 Å². The van der Waals surface area contributed by atoms with E-state index in [9.17, 15) is 0 Å². The minimum absolute atomic E-state index is 0.656. The molecule has 0 saturated heterocycles. The van der Waals surface area contributed by atoms with Crippen LogP contribution in [0.4, 0.5) is 0 Å². The van der Waals surface area contributed by atoms with Gasteiger partial charge in [-0.1, -0.05) is 47.1 Å². The Labute approximate surface area is 96.6 Å². The van der Waals surface area contributed by atoms with Crippen LogP contribution >= 0.6 is 0 Å².